The maximum Gasteiger partial charge on any atom is 0.274 e. The van der Waals surface area contributed by atoms with Gasteiger partial charge in [0.05, 0.1) is 7.11 Å². The summed E-state index contributed by atoms with van der Waals surface area (Å²) in [6.45, 7) is 1.15. The Hall–Kier alpha value is -3.16. The highest BCUT2D eigenvalue weighted by molar-refractivity contribution is 6.04. The van der Waals surface area contributed by atoms with Crippen LogP contribution in [-0.2, 0) is 0 Å². The van der Waals surface area contributed by atoms with Crippen molar-refractivity contribution in [3.8, 4) is 22.9 Å². The summed E-state index contributed by atoms with van der Waals surface area (Å²) in [5.41, 5.74) is 0.185. The number of hydrogen-bond acceptors (Lipinski definition) is 5. The van der Waals surface area contributed by atoms with Crippen LogP contribution >= 0.6 is 0 Å². The molecule has 0 spiro atoms. The zero-order valence-corrected chi connectivity index (χ0v) is 16.3. The Morgan fingerprint density at radius 3 is 2.07 bits per heavy atom. The van der Waals surface area contributed by atoms with Crippen LogP contribution in [0.15, 0.2) is 24.3 Å². The van der Waals surface area contributed by atoms with Gasteiger partial charge >= 0.3 is 0 Å². The number of nitrogens with zero attached hydrogens (tertiary/aromatic N) is 3. The lowest BCUT2D eigenvalue weighted by atomic mass is 10.1. The monoisotopic (exact) mass is 387 g/mol. The van der Waals surface area contributed by atoms with E-state index in [9.17, 15) is 19.8 Å². The van der Waals surface area contributed by atoms with E-state index in [1.54, 1.807) is 29.2 Å². The number of aromatic hydroxyl groups is 2. The maximum absolute atomic E-state index is 13.2. The average molecular weight is 387 g/mol. The predicted octanol–water partition coefficient (Wildman–Crippen LogP) is 2.22. The molecule has 8 heteroatoms. The van der Waals surface area contributed by atoms with Crippen molar-refractivity contribution in [1.29, 1.82) is 0 Å². The molecule has 8 nitrogen and oxygen atoms in total. The molecule has 1 aromatic carbocycles. The first-order valence-corrected chi connectivity index (χ1v) is 9.18. The Morgan fingerprint density at radius 1 is 0.964 bits per heavy atom. The summed E-state index contributed by atoms with van der Waals surface area (Å²) in [5.74, 6) is -1.53. The summed E-state index contributed by atoms with van der Waals surface area (Å²) in [7, 11) is 4.61. The van der Waals surface area contributed by atoms with Gasteiger partial charge in [0.25, 0.3) is 11.8 Å². The molecule has 2 N–H and O–H groups in total. The minimum atomic E-state index is -0.602. The second kappa shape index (κ2) is 7.84. The number of carbonyl (C=O) groups excluding carboxylic acids is 2. The number of carbonyl (C=O) groups is 2. The smallest absolute Gasteiger partial charge is 0.274 e. The molecule has 0 atom stereocenters. The van der Waals surface area contributed by atoms with Crippen molar-refractivity contribution in [3.63, 3.8) is 0 Å². The van der Waals surface area contributed by atoms with Crippen LogP contribution in [0.4, 0.5) is 0 Å². The van der Waals surface area contributed by atoms with Crippen LogP contribution in [-0.4, -0.2) is 70.7 Å². The van der Waals surface area contributed by atoms with E-state index in [1.807, 2.05) is 0 Å². The molecule has 3 rings (SSSR count). The van der Waals surface area contributed by atoms with Gasteiger partial charge in [-0.1, -0.05) is 0 Å². The first kappa shape index (κ1) is 19.6. The highest BCUT2D eigenvalue weighted by Crippen LogP contribution is 2.40. The molecular formula is C20H25N3O5. The summed E-state index contributed by atoms with van der Waals surface area (Å²) in [4.78, 5) is 28.8. The third-order valence-corrected chi connectivity index (χ3v) is 4.91. The molecule has 2 amide bonds. The van der Waals surface area contributed by atoms with Gasteiger partial charge in [-0.3, -0.25) is 14.2 Å². The quantitative estimate of drug-likeness (QED) is 0.839. The van der Waals surface area contributed by atoms with Crippen LogP contribution in [0.25, 0.3) is 5.69 Å². The first-order valence-electron chi connectivity index (χ1n) is 9.18. The summed E-state index contributed by atoms with van der Waals surface area (Å²) >= 11 is 0. The van der Waals surface area contributed by atoms with E-state index in [-0.39, 0.29) is 11.4 Å². The van der Waals surface area contributed by atoms with E-state index < -0.39 is 23.3 Å². The van der Waals surface area contributed by atoms with Crippen molar-refractivity contribution in [3.05, 3.63) is 35.7 Å². The number of amides is 2. The number of benzene rings is 1. The summed E-state index contributed by atoms with van der Waals surface area (Å²) in [6.07, 6.45) is 2.81. The van der Waals surface area contributed by atoms with Gasteiger partial charge in [-0.25, -0.2) is 0 Å². The number of rotatable bonds is 4. The van der Waals surface area contributed by atoms with E-state index >= 15 is 0 Å². The van der Waals surface area contributed by atoms with Crippen molar-refractivity contribution in [2.45, 2.75) is 19.3 Å². The highest BCUT2D eigenvalue weighted by atomic mass is 16.5. The molecule has 0 radical (unpaired) electrons. The van der Waals surface area contributed by atoms with E-state index in [2.05, 4.69) is 0 Å². The molecule has 1 aromatic heterocycles. The number of ether oxygens (including phenoxy) is 1. The largest absolute Gasteiger partial charge is 0.503 e. The van der Waals surface area contributed by atoms with Gasteiger partial charge in [0, 0.05) is 32.9 Å². The van der Waals surface area contributed by atoms with Gasteiger partial charge < -0.3 is 24.7 Å². The normalized spacial score (nSPS) is 14.0. The second-order valence-corrected chi connectivity index (χ2v) is 6.98. The fourth-order valence-corrected chi connectivity index (χ4v) is 3.39. The van der Waals surface area contributed by atoms with Crippen molar-refractivity contribution in [1.82, 2.24) is 14.4 Å². The lowest BCUT2D eigenvalue weighted by Crippen LogP contribution is -2.37. The molecule has 28 heavy (non-hydrogen) atoms. The van der Waals surface area contributed by atoms with Crippen LogP contribution in [0.2, 0.25) is 0 Å². The van der Waals surface area contributed by atoms with E-state index in [1.165, 1.54) is 30.7 Å². The topological polar surface area (TPSA) is 95.2 Å². The van der Waals surface area contributed by atoms with Gasteiger partial charge in [-0.05, 0) is 43.5 Å². The van der Waals surface area contributed by atoms with Crippen LogP contribution in [0.5, 0.6) is 17.2 Å². The first-order chi connectivity index (χ1) is 13.4. The SMILES string of the molecule is COc1ccc(-n2c(C(=O)N(C)C)c(O)c(O)c2C(=O)N2CCCCC2)cc1. The molecule has 1 saturated heterocycles. The number of piperidine rings is 1. The van der Waals surface area contributed by atoms with Crippen molar-refractivity contribution in [2.75, 3.05) is 34.3 Å². The molecule has 2 heterocycles. The Balaban J connectivity index is 2.21. The van der Waals surface area contributed by atoms with Crippen molar-refractivity contribution < 1.29 is 24.5 Å². The lowest BCUT2D eigenvalue weighted by molar-refractivity contribution is 0.0712. The van der Waals surface area contributed by atoms with Crippen LogP contribution in [0, 0.1) is 0 Å². The van der Waals surface area contributed by atoms with E-state index in [0.717, 1.165) is 19.3 Å². The van der Waals surface area contributed by atoms with Crippen molar-refractivity contribution >= 4 is 11.8 Å². The third kappa shape index (κ3) is 3.37. The molecule has 1 aliphatic heterocycles. The Labute approximate surface area is 163 Å². The minimum absolute atomic E-state index is 0.116. The van der Waals surface area contributed by atoms with Gasteiger partial charge in [0.15, 0.2) is 22.9 Å². The van der Waals surface area contributed by atoms with Gasteiger partial charge in [0.1, 0.15) is 5.75 Å². The maximum atomic E-state index is 13.2. The molecule has 0 unspecified atom stereocenters. The molecule has 150 valence electrons. The fourth-order valence-electron chi connectivity index (χ4n) is 3.39. The van der Waals surface area contributed by atoms with Gasteiger partial charge in [-0.2, -0.15) is 0 Å². The van der Waals surface area contributed by atoms with Gasteiger partial charge in [-0.15, -0.1) is 0 Å². The summed E-state index contributed by atoms with van der Waals surface area (Å²) in [6, 6.07) is 6.69. The number of methoxy groups -OCH3 is 1. The zero-order valence-electron chi connectivity index (χ0n) is 16.3. The van der Waals surface area contributed by atoms with Gasteiger partial charge in [0.2, 0.25) is 0 Å². The Bertz CT molecular complexity index is 880. The van der Waals surface area contributed by atoms with Crippen molar-refractivity contribution in [2.24, 2.45) is 0 Å². The third-order valence-electron chi connectivity index (χ3n) is 4.91. The standard InChI is InChI=1S/C20H25N3O5/c1-21(2)19(26)15-17(24)18(25)16(20(27)22-11-5-4-6-12-22)23(15)13-7-9-14(28-3)10-8-13/h7-10,24-25H,4-6,11-12H2,1-3H3. The van der Waals surface area contributed by atoms with Crippen LogP contribution in [0.1, 0.15) is 40.2 Å². The average Bonchev–Trinajstić information content (AvgIpc) is 2.98. The molecule has 2 aromatic rings. The van der Waals surface area contributed by atoms with Crippen LogP contribution in [0.3, 0.4) is 0 Å². The van der Waals surface area contributed by atoms with E-state index in [0.29, 0.717) is 24.5 Å². The Kier molecular flexibility index (Phi) is 5.48. The molecule has 0 saturated carbocycles. The Morgan fingerprint density at radius 2 is 1.54 bits per heavy atom. The van der Waals surface area contributed by atoms with E-state index in [4.69, 9.17) is 4.74 Å². The highest BCUT2D eigenvalue weighted by Gasteiger charge is 2.34. The molecule has 1 fully saturated rings. The summed E-state index contributed by atoms with van der Waals surface area (Å²) < 4.78 is 6.49. The molecular weight excluding hydrogens is 362 g/mol. The number of hydrogen-bond donors (Lipinski definition) is 2. The lowest BCUT2D eigenvalue weighted by Gasteiger charge is -2.27. The zero-order chi connectivity index (χ0) is 20.4. The van der Waals surface area contributed by atoms with Crippen LogP contribution < -0.4 is 4.74 Å². The molecule has 1 aliphatic rings. The minimum Gasteiger partial charge on any atom is -0.503 e. The molecule has 0 aliphatic carbocycles. The number of likely N-dealkylation sites (tertiary alicyclic amines) is 1. The second-order valence-electron chi connectivity index (χ2n) is 6.98. The number of aromatic nitrogens is 1. The summed E-state index contributed by atoms with van der Waals surface area (Å²) in [5, 5.41) is 21.1. The molecule has 0 bridgehead atoms. The predicted molar refractivity (Wildman–Crippen MR) is 103 cm³/mol. The fraction of sp³-hybridized carbons (Fsp3) is 0.400.